The van der Waals surface area contributed by atoms with Crippen LogP contribution in [0.25, 0.3) is 0 Å². The monoisotopic (exact) mass is 295 g/mol. The van der Waals surface area contributed by atoms with Gasteiger partial charge < -0.3 is 14.6 Å². The topological polar surface area (TPSA) is 39.1 Å². The fourth-order valence-corrected chi connectivity index (χ4v) is 2.12. The molecule has 1 N–H and O–H groups in total. The highest BCUT2D eigenvalue weighted by Crippen LogP contribution is 2.20. The normalized spacial score (nSPS) is 11.0. The number of nitrogens with zero attached hydrogens (tertiary/aromatic N) is 2. The molecule has 2 rings (SSSR count). The molecule has 0 amide bonds. The molecule has 0 aliphatic heterocycles. The highest BCUT2D eigenvalue weighted by molar-refractivity contribution is 5.33. The van der Waals surface area contributed by atoms with E-state index in [-0.39, 0.29) is 5.75 Å². The average molecular weight is 295 g/mol. The first-order chi connectivity index (χ1) is 10.2. The zero-order valence-corrected chi connectivity index (χ0v) is 11.9. The maximum absolute atomic E-state index is 12.3. The molecular weight excluding hydrogens is 276 g/mol. The third-order valence-electron chi connectivity index (χ3n) is 3.07. The maximum Gasteiger partial charge on any atom is 0.387 e. The minimum absolute atomic E-state index is 0.210. The number of ether oxygens (including phenoxy) is 1. The predicted octanol–water partition coefficient (Wildman–Crippen LogP) is 3.18. The largest absolute Gasteiger partial charge is 0.434 e. The summed E-state index contributed by atoms with van der Waals surface area (Å²) in [6, 6.07) is 6.80. The summed E-state index contributed by atoms with van der Waals surface area (Å²) in [5.41, 5.74) is 1.78. The van der Waals surface area contributed by atoms with Crippen molar-refractivity contribution in [2.45, 2.75) is 39.6 Å². The smallest absolute Gasteiger partial charge is 0.387 e. The van der Waals surface area contributed by atoms with Gasteiger partial charge in [0.15, 0.2) is 0 Å². The van der Waals surface area contributed by atoms with Crippen LogP contribution in [-0.2, 0) is 19.6 Å². The van der Waals surface area contributed by atoms with Gasteiger partial charge in [-0.25, -0.2) is 4.98 Å². The van der Waals surface area contributed by atoms with Crippen LogP contribution in [0.2, 0.25) is 0 Å². The molecule has 0 aliphatic carbocycles. The van der Waals surface area contributed by atoms with Crippen LogP contribution in [0.5, 0.6) is 5.75 Å². The zero-order chi connectivity index (χ0) is 15.1. The lowest BCUT2D eigenvalue weighted by Crippen LogP contribution is -2.16. The molecule has 0 aliphatic rings. The zero-order valence-electron chi connectivity index (χ0n) is 11.9. The number of halogens is 2. The number of alkyl halides is 2. The first-order valence-corrected chi connectivity index (χ1v) is 6.93. The number of hydrogen-bond acceptors (Lipinski definition) is 3. The highest BCUT2D eigenvalue weighted by atomic mass is 19.3. The third-order valence-corrected chi connectivity index (χ3v) is 3.07. The number of rotatable bonds is 8. The predicted molar refractivity (Wildman–Crippen MR) is 76.1 cm³/mol. The molecule has 0 bridgehead atoms. The quantitative estimate of drug-likeness (QED) is 0.813. The summed E-state index contributed by atoms with van der Waals surface area (Å²) >= 11 is 0. The van der Waals surface area contributed by atoms with Gasteiger partial charge >= 0.3 is 6.61 Å². The van der Waals surface area contributed by atoms with Gasteiger partial charge in [-0.15, -0.1) is 0 Å². The first kappa shape index (κ1) is 15.4. The minimum atomic E-state index is -2.81. The van der Waals surface area contributed by atoms with Gasteiger partial charge in [0.1, 0.15) is 5.75 Å². The standard InChI is InChI=1S/C15H19F2N3O/c1-2-7-20-11-19-10-13(20)9-18-8-12-5-3-4-6-14(12)21-15(16)17/h3-6,10-11,15,18H,2,7-9H2,1H3. The summed E-state index contributed by atoms with van der Waals surface area (Å²) < 4.78 is 31.2. The van der Waals surface area contributed by atoms with Gasteiger partial charge in [0.05, 0.1) is 12.0 Å². The molecule has 0 atom stereocenters. The average Bonchev–Trinajstić information content (AvgIpc) is 2.88. The fraction of sp³-hybridized carbons (Fsp3) is 0.400. The van der Waals surface area contributed by atoms with Crippen LogP contribution in [0.3, 0.4) is 0 Å². The molecule has 0 unspecified atom stereocenters. The van der Waals surface area contributed by atoms with E-state index in [4.69, 9.17) is 0 Å². The Kier molecular flexibility index (Phi) is 5.68. The number of aryl methyl sites for hydroxylation is 1. The van der Waals surface area contributed by atoms with Crippen LogP contribution >= 0.6 is 0 Å². The Morgan fingerprint density at radius 3 is 2.86 bits per heavy atom. The lowest BCUT2D eigenvalue weighted by Gasteiger charge is -2.12. The molecule has 0 saturated carbocycles. The molecule has 4 nitrogen and oxygen atoms in total. The molecule has 114 valence electrons. The van der Waals surface area contributed by atoms with Crippen molar-refractivity contribution in [3.05, 3.63) is 48.0 Å². The molecule has 0 radical (unpaired) electrons. The van der Waals surface area contributed by atoms with Crippen LogP contribution in [-0.4, -0.2) is 16.2 Å². The van der Waals surface area contributed by atoms with E-state index in [9.17, 15) is 8.78 Å². The van der Waals surface area contributed by atoms with Crippen molar-refractivity contribution in [1.29, 1.82) is 0 Å². The molecule has 1 aromatic carbocycles. The van der Waals surface area contributed by atoms with E-state index in [1.807, 2.05) is 6.20 Å². The Hall–Kier alpha value is -1.95. The summed E-state index contributed by atoms with van der Waals surface area (Å²) in [4.78, 5) is 4.12. The summed E-state index contributed by atoms with van der Waals surface area (Å²) in [6.07, 6.45) is 4.65. The molecule has 21 heavy (non-hydrogen) atoms. The van der Waals surface area contributed by atoms with E-state index in [1.165, 1.54) is 0 Å². The van der Waals surface area contributed by atoms with E-state index in [1.54, 1.807) is 30.6 Å². The number of hydrogen-bond donors (Lipinski definition) is 1. The van der Waals surface area contributed by atoms with Crippen LogP contribution in [0, 0.1) is 0 Å². The summed E-state index contributed by atoms with van der Waals surface area (Å²) in [5.74, 6) is 0.210. The molecule has 0 saturated heterocycles. The van der Waals surface area contributed by atoms with Crippen molar-refractivity contribution in [1.82, 2.24) is 14.9 Å². The summed E-state index contributed by atoms with van der Waals surface area (Å²) in [5, 5.41) is 3.23. The fourth-order valence-electron chi connectivity index (χ4n) is 2.12. The Bertz CT molecular complexity index is 557. The first-order valence-electron chi connectivity index (χ1n) is 6.93. The van der Waals surface area contributed by atoms with Gasteiger partial charge in [-0.1, -0.05) is 25.1 Å². The van der Waals surface area contributed by atoms with Gasteiger partial charge in [-0.3, -0.25) is 0 Å². The van der Waals surface area contributed by atoms with Crippen molar-refractivity contribution in [3.63, 3.8) is 0 Å². The van der Waals surface area contributed by atoms with Crippen LogP contribution in [0.15, 0.2) is 36.8 Å². The van der Waals surface area contributed by atoms with Crippen LogP contribution < -0.4 is 10.1 Å². The van der Waals surface area contributed by atoms with Crippen molar-refractivity contribution in [2.75, 3.05) is 0 Å². The van der Waals surface area contributed by atoms with Gasteiger partial charge in [-0.2, -0.15) is 8.78 Å². The van der Waals surface area contributed by atoms with Gasteiger partial charge in [0, 0.05) is 31.4 Å². The number of aromatic nitrogens is 2. The number of nitrogens with one attached hydrogen (secondary N) is 1. The molecule has 0 spiro atoms. The van der Waals surface area contributed by atoms with Crippen LogP contribution in [0.1, 0.15) is 24.6 Å². The second-order valence-electron chi connectivity index (χ2n) is 4.67. The number of benzene rings is 1. The van der Waals surface area contributed by atoms with Gasteiger partial charge in [0.25, 0.3) is 0 Å². The summed E-state index contributed by atoms with van der Waals surface area (Å²) in [7, 11) is 0. The van der Waals surface area contributed by atoms with Crippen LogP contribution in [0.4, 0.5) is 8.78 Å². The second-order valence-corrected chi connectivity index (χ2v) is 4.67. The minimum Gasteiger partial charge on any atom is -0.434 e. The molecule has 1 heterocycles. The molecule has 2 aromatic rings. The Labute approximate surface area is 122 Å². The SMILES string of the molecule is CCCn1cncc1CNCc1ccccc1OC(F)F. The van der Waals surface area contributed by atoms with E-state index < -0.39 is 6.61 Å². The van der Waals surface area contributed by atoms with Gasteiger partial charge in [-0.05, 0) is 12.5 Å². The van der Waals surface area contributed by atoms with Gasteiger partial charge in [0.2, 0.25) is 0 Å². The van der Waals surface area contributed by atoms with E-state index in [2.05, 4.69) is 26.5 Å². The molecule has 1 aromatic heterocycles. The Morgan fingerprint density at radius 2 is 2.10 bits per heavy atom. The van der Waals surface area contributed by atoms with Crippen molar-refractivity contribution >= 4 is 0 Å². The third kappa shape index (κ3) is 4.53. The van der Waals surface area contributed by atoms with E-state index in [0.29, 0.717) is 18.7 Å². The molecular formula is C15H19F2N3O. The van der Waals surface area contributed by atoms with Crippen molar-refractivity contribution in [2.24, 2.45) is 0 Å². The number of imidazole rings is 1. The number of para-hydroxylation sites is 1. The van der Waals surface area contributed by atoms with Crippen molar-refractivity contribution < 1.29 is 13.5 Å². The molecule has 6 heteroatoms. The lowest BCUT2D eigenvalue weighted by atomic mass is 10.2. The Morgan fingerprint density at radius 1 is 1.29 bits per heavy atom. The van der Waals surface area contributed by atoms with Crippen molar-refractivity contribution in [3.8, 4) is 5.75 Å². The highest BCUT2D eigenvalue weighted by Gasteiger charge is 2.09. The Balaban J connectivity index is 1.92. The lowest BCUT2D eigenvalue weighted by molar-refractivity contribution is -0.0505. The summed E-state index contributed by atoms with van der Waals surface area (Å²) in [6.45, 7) is 1.30. The second kappa shape index (κ2) is 7.73. The van der Waals surface area contributed by atoms with E-state index >= 15 is 0 Å². The maximum atomic E-state index is 12.3. The van der Waals surface area contributed by atoms with E-state index in [0.717, 1.165) is 18.7 Å². The molecule has 0 fully saturated rings.